The van der Waals surface area contributed by atoms with Gasteiger partial charge in [-0.15, -0.1) is 0 Å². The first-order chi connectivity index (χ1) is 9.58. The Kier molecular flexibility index (Phi) is 4.35. The summed E-state index contributed by atoms with van der Waals surface area (Å²) in [4.78, 5) is 18.0. The van der Waals surface area contributed by atoms with Crippen LogP contribution in [0.25, 0.3) is 0 Å². The Morgan fingerprint density at radius 2 is 1.95 bits per heavy atom. The molecule has 4 heteroatoms. The normalized spacial score (nSPS) is 10.2. The number of anilines is 1. The largest absolute Gasteiger partial charge is 0.379 e. The highest BCUT2D eigenvalue weighted by atomic mass is 16.2. The summed E-state index contributed by atoms with van der Waals surface area (Å²) in [6.07, 6.45) is 1.84. The molecule has 1 N–H and O–H groups in total. The molecule has 0 radical (unpaired) electrons. The number of aryl methyl sites for hydroxylation is 1. The van der Waals surface area contributed by atoms with Gasteiger partial charge in [-0.05, 0) is 30.7 Å². The molecule has 1 heterocycles. The second-order valence-electron chi connectivity index (χ2n) is 4.93. The van der Waals surface area contributed by atoms with E-state index in [1.54, 1.807) is 19.0 Å². The first-order valence-corrected chi connectivity index (χ1v) is 6.54. The Balaban J connectivity index is 2.13. The van der Waals surface area contributed by atoms with Crippen molar-refractivity contribution < 1.29 is 4.79 Å². The fourth-order valence-corrected chi connectivity index (χ4v) is 1.85. The number of pyridine rings is 1. The number of benzene rings is 1. The van der Waals surface area contributed by atoms with Gasteiger partial charge in [0.1, 0.15) is 0 Å². The number of amides is 1. The average molecular weight is 269 g/mol. The third kappa shape index (κ3) is 3.35. The summed E-state index contributed by atoms with van der Waals surface area (Å²) >= 11 is 0. The highest BCUT2D eigenvalue weighted by Gasteiger charge is 2.12. The minimum absolute atomic E-state index is 0.00929. The maximum atomic E-state index is 12.1. The molecule has 20 heavy (non-hydrogen) atoms. The highest BCUT2D eigenvalue weighted by Crippen LogP contribution is 2.17. The minimum Gasteiger partial charge on any atom is -0.379 e. The van der Waals surface area contributed by atoms with Gasteiger partial charge < -0.3 is 10.2 Å². The van der Waals surface area contributed by atoms with E-state index in [0.29, 0.717) is 12.1 Å². The van der Waals surface area contributed by atoms with Gasteiger partial charge in [0.05, 0.1) is 17.8 Å². The van der Waals surface area contributed by atoms with E-state index in [-0.39, 0.29) is 5.91 Å². The number of nitrogens with zero attached hydrogens (tertiary/aromatic N) is 2. The van der Waals surface area contributed by atoms with Crippen molar-refractivity contribution in [3.63, 3.8) is 0 Å². The van der Waals surface area contributed by atoms with E-state index in [9.17, 15) is 4.79 Å². The van der Waals surface area contributed by atoms with Crippen molar-refractivity contribution in [2.24, 2.45) is 0 Å². The van der Waals surface area contributed by atoms with Crippen LogP contribution in [0.15, 0.2) is 42.6 Å². The van der Waals surface area contributed by atoms with E-state index in [1.165, 1.54) is 0 Å². The Labute approximate surface area is 119 Å². The van der Waals surface area contributed by atoms with Crippen LogP contribution >= 0.6 is 0 Å². The Morgan fingerprint density at radius 3 is 2.60 bits per heavy atom. The smallest absolute Gasteiger partial charge is 0.255 e. The van der Waals surface area contributed by atoms with E-state index < -0.39 is 0 Å². The third-order valence-electron chi connectivity index (χ3n) is 3.00. The maximum absolute atomic E-state index is 12.1. The number of nitrogens with one attached hydrogen (secondary N) is 1. The Morgan fingerprint density at radius 1 is 1.20 bits per heavy atom. The molecule has 0 saturated carbocycles. The van der Waals surface area contributed by atoms with E-state index in [4.69, 9.17) is 0 Å². The summed E-state index contributed by atoms with van der Waals surface area (Å²) < 4.78 is 0. The van der Waals surface area contributed by atoms with Gasteiger partial charge in [0, 0.05) is 26.0 Å². The first kappa shape index (κ1) is 14.1. The molecular weight excluding hydrogens is 250 g/mol. The molecule has 1 amide bonds. The molecule has 2 rings (SSSR count). The number of aromatic nitrogens is 1. The zero-order chi connectivity index (χ0) is 14.5. The second-order valence-corrected chi connectivity index (χ2v) is 4.93. The topological polar surface area (TPSA) is 45.2 Å². The van der Waals surface area contributed by atoms with Crippen molar-refractivity contribution in [2.45, 2.75) is 13.5 Å². The molecule has 0 aliphatic heterocycles. The molecule has 4 nitrogen and oxygen atoms in total. The molecule has 0 saturated heterocycles. The maximum Gasteiger partial charge on any atom is 0.255 e. The fourth-order valence-electron chi connectivity index (χ4n) is 1.85. The van der Waals surface area contributed by atoms with Gasteiger partial charge in [0.25, 0.3) is 5.91 Å². The Hall–Kier alpha value is -2.36. The standard InChI is InChI=1S/C16H19N3O/c1-12-8-9-13(17-10-12)11-18-15-7-5-4-6-14(15)16(20)19(2)3/h4-10,18H,11H2,1-3H3. The van der Waals surface area contributed by atoms with E-state index >= 15 is 0 Å². The van der Waals surface area contributed by atoms with Gasteiger partial charge in [-0.2, -0.15) is 0 Å². The second kappa shape index (κ2) is 6.19. The predicted octanol–water partition coefficient (Wildman–Crippen LogP) is 2.70. The fraction of sp³-hybridized carbons (Fsp3) is 0.250. The SMILES string of the molecule is Cc1ccc(CNc2ccccc2C(=O)N(C)C)nc1. The van der Waals surface area contributed by atoms with Crippen molar-refractivity contribution in [1.29, 1.82) is 0 Å². The Bertz CT molecular complexity index is 591. The van der Waals surface area contributed by atoms with Gasteiger partial charge in [-0.3, -0.25) is 9.78 Å². The molecule has 0 bridgehead atoms. The zero-order valence-corrected chi connectivity index (χ0v) is 12.1. The number of hydrogen-bond acceptors (Lipinski definition) is 3. The van der Waals surface area contributed by atoms with Gasteiger partial charge in [-0.1, -0.05) is 18.2 Å². The summed E-state index contributed by atoms with van der Waals surface area (Å²) in [5.74, 6) is -0.00929. The van der Waals surface area contributed by atoms with Gasteiger partial charge in [0.2, 0.25) is 0 Å². The van der Waals surface area contributed by atoms with Crippen LogP contribution in [-0.4, -0.2) is 29.9 Å². The van der Waals surface area contributed by atoms with Crippen LogP contribution in [0, 0.1) is 6.92 Å². The molecule has 104 valence electrons. The van der Waals surface area contributed by atoms with Crippen molar-refractivity contribution in [1.82, 2.24) is 9.88 Å². The van der Waals surface area contributed by atoms with Gasteiger partial charge in [-0.25, -0.2) is 0 Å². The van der Waals surface area contributed by atoms with E-state index in [1.807, 2.05) is 49.5 Å². The highest BCUT2D eigenvalue weighted by molar-refractivity contribution is 5.99. The van der Waals surface area contributed by atoms with Crippen LogP contribution in [0.1, 0.15) is 21.6 Å². The van der Waals surface area contributed by atoms with Gasteiger partial charge in [0.15, 0.2) is 0 Å². The number of hydrogen-bond donors (Lipinski definition) is 1. The van der Waals surface area contributed by atoms with Crippen molar-refractivity contribution >= 4 is 11.6 Å². The molecule has 1 aromatic heterocycles. The predicted molar refractivity (Wildman–Crippen MR) is 80.8 cm³/mol. The average Bonchev–Trinajstić information content (AvgIpc) is 2.46. The van der Waals surface area contributed by atoms with E-state index in [2.05, 4.69) is 10.3 Å². The van der Waals surface area contributed by atoms with Crippen LogP contribution in [0.4, 0.5) is 5.69 Å². The van der Waals surface area contributed by atoms with Crippen LogP contribution in [0.3, 0.4) is 0 Å². The molecule has 0 spiro atoms. The molecule has 0 unspecified atom stereocenters. The summed E-state index contributed by atoms with van der Waals surface area (Å²) in [5, 5.41) is 3.27. The van der Waals surface area contributed by atoms with E-state index in [0.717, 1.165) is 16.9 Å². The minimum atomic E-state index is -0.00929. The van der Waals surface area contributed by atoms with Gasteiger partial charge >= 0.3 is 0 Å². The summed E-state index contributed by atoms with van der Waals surface area (Å²) in [6, 6.07) is 11.5. The van der Waals surface area contributed by atoms with Crippen LogP contribution in [0.5, 0.6) is 0 Å². The number of carbonyl (C=O) groups excluding carboxylic acids is 1. The summed E-state index contributed by atoms with van der Waals surface area (Å²) in [6.45, 7) is 2.60. The molecular formula is C16H19N3O. The lowest BCUT2D eigenvalue weighted by molar-refractivity contribution is 0.0828. The number of carbonyl (C=O) groups is 1. The molecule has 2 aromatic rings. The zero-order valence-electron chi connectivity index (χ0n) is 12.1. The van der Waals surface area contributed by atoms with Crippen molar-refractivity contribution in [3.8, 4) is 0 Å². The molecule has 0 aliphatic carbocycles. The quantitative estimate of drug-likeness (QED) is 0.928. The summed E-state index contributed by atoms with van der Waals surface area (Å²) in [7, 11) is 3.50. The first-order valence-electron chi connectivity index (χ1n) is 6.54. The summed E-state index contributed by atoms with van der Waals surface area (Å²) in [5.41, 5.74) is 3.58. The van der Waals surface area contributed by atoms with Crippen molar-refractivity contribution in [3.05, 3.63) is 59.4 Å². The van der Waals surface area contributed by atoms with Crippen LogP contribution in [-0.2, 0) is 6.54 Å². The molecule has 0 fully saturated rings. The van der Waals surface area contributed by atoms with Crippen LogP contribution < -0.4 is 5.32 Å². The number of para-hydroxylation sites is 1. The lowest BCUT2D eigenvalue weighted by Crippen LogP contribution is -2.22. The molecule has 1 aromatic carbocycles. The third-order valence-corrected chi connectivity index (χ3v) is 3.00. The molecule has 0 aliphatic rings. The molecule has 0 atom stereocenters. The van der Waals surface area contributed by atoms with Crippen LogP contribution in [0.2, 0.25) is 0 Å². The van der Waals surface area contributed by atoms with Crippen molar-refractivity contribution in [2.75, 3.05) is 19.4 Å². The lowest BCUT2D eigenvalue weighted by atomic mass is 10.1. The lowest BCUT2D eigenvalue weighted by Gasteiger charge is -2.15. The number of rotatable bonds is 4. The monoisotopic (exact) mass is 269 g/mol.